The summed E-state index contributed by atoms with van der Waals surface area (Å²) in [4.78, 5) is 8.71. The van der Waals surface area contributed by atoms with Crippen LogP contribution >= 0.6 is 0 Å². The Morgan fingerprint density at radius 3 is 1.17 bits per heavy atom. The first-order valence-electron chi connectivity index (χ1n) is 25.9. The molecule has 0 radical (unpaired) electrons. The van der Waals surface area contributed by atoms with E-state index in [9.17, 15) is 5.26 Å². The Morgan fingerprint density at radius 2 is 0.750 bits per heavy atom. The van der Waals surface area contributed by atoms with Gasteiger partial charge in [-0.1, -0.05) is 178 Å². The molecule has 0 aromatic heterocycles. The summed E-state index contributed by atoms with van der Waals surface area (Å²) >= 11 is 0. The number of nitriles is 1. The Hall–Kier alpha value is -8.44. The largest absolute Gasteiger partial charge is 0.311 e. The van der Waals surface area contributed by atoms with Crippen molar-refractivity contribution in [1.82, 2.24) is 0 Å². The molecule has 0 heterocycles. The lowest BCUT2D eigenvalue weighted by Gasteiger charge is -2.27. The van der Waals surface area contributed by atoms with Crippen LogP contribution in [0.2, 0.25) is 0 Å². The van der Waals surface area contributed by atoms with Gasteiger partial charge in [-0.3, -0.25) is 0 Å². The second-order valence-electron chi connectivity index (χ2n) is 19.6. The molecule has 9 aromatic rings. The highest BCUT2D eigenvalue weighted by molar-refractivity contribution is 6.16. The Kier molecular flexibility index (Phi) is 13.6. The number of rotatable bonds is 12. The Bertz CT molecular complexity index is 3220. The average Bonchev–Trinajstić information content (AvgIpc) is 3.45. The minimum atomic E-state index is 0.559. The molecular formula is C68H58N4. The van der Waals surface area contributed by atoms with E-state index in [-0.39, 0.29) is 0 Å². The highest BCUT2D eigenvalue weighted by Crippen LogP contribution is 2.42. The fourth-order valence-electron chi connectivity index (χ4n) is 11.3. The smallest absolute Gasteiger partial charge is 0.202 e. The maximum atomic E-state index is 10.6. The number of fused-ring (bicyclic) bond motifs is 2. The fraction of sp³-hybridized carbons (Fsp3) is 0.176. The number of hydrogen-bond acceptors (Lipinski definition) is 3. The zero-order chi connectivity index (χ0) is 48.6. The summed E-state index contributed by atoms with van der Waals surface area (Å²) in [5.74, 6) is 1.34. The van der Waals surface area contributed by atoms with Crippen LogP contribution in [0.15, 0.2) is 194 Å². The molecule has 0 aliphatic heterocycles. The summed E-state index contributed by atoms with van der Waals surface area (Å²) in [5.41, 5.74) is 14.8. The van der Waals surface area contributed by atoms with Crippen LogP contribution in [-0.4, -0.2) is 0 Å². The van der Waals surface area contributed by atoms with Crippen LogP contribution in [0.5, 0.6) is 0 Å². The van der Waals surface area contributed by atoms with Gasteiger partial charge in [0.1, 0.15) is 6.07 Å². The lowest BCUT2D eigenvalue weighted by atomic mass is 9.84. The molecule has 2 fully saturated rings. The number of para-hydroxylation sites is 2. The van der Waals surface area contributed by atoms with Crippen molar-refractivity contribution >= 4 is 85.7 Å². The van der Waals surface area contributed by atoms with Gasteiger partial charge in [-0.15, -0.1) is 0 Å². The molecule has 0 spiro atoms. The maximum absolute atomic E-state index is 10.6. The monoisotopic (exact) mass is 930 g/mol. The van der Waals surface area contributed by atoms with Crippen molar-refractivity contribution < 1.29 is 0 Å². The highest BCUT2D eigenvalue weighted by Gasteiger charge is 2.20. The Labute approximate surface area is 425 Å². The molecule has 2 aliphatic carbocycles. The molecule has 2 aliphatic rings. The zero-order valence-corrected chi connectivity index (χ0v) is 40.8. The molecule has 0 bridgehead atoms. The minimum Gasteiger partial charge on any atom is -0.311 e. The van der Waals surface area contributed by atoms with Crippen LogP contribution < -0.4 is 9.80 Å². The molecule has 0 N–H and O–H groups in total. The van der Waals surface area contributed by atoms with Crippen molar-refractivity contribution in [2.75, 3.05) is 9.80 Å². The van der Waals surface area contributed by atoms with Crippen LogP contribution in [-0.2, 0) is 0 Å². The second-order valence-corrected chi connectivity index (χ2v) is 19.6. The van der Waals surface area contributed by atoms with E-state index in [1.807, 2.05) is 36.4 Å². The molecular weight excluding hydrogens is 873 g/mol. The maximum Gasteiger partial charge on any atom is 0.202 e. The molecule has 0 unspecified atom stereocenters. The SMILES string of the molecule is [C-]#[N+]c1c2ccc(/C=C/c3ccc(N(c4ccccc4)c4ccc(C5CCCCC5)cc4)cc3)cc2c(C#N)c2ccc(/C=C/c3ccc(N(c4ccccc4)c4ccc(C5CCCCC5)cc4)cc3)cc12. The first kappa shape index (κ1) is 46.0. The number of hydrogen-bond donors (Lipinski definition) is 0. The van der Waals surface area contributed by atoms with Crippen molar-refractivity contribution in [3.63, 3.8) is 0 Å². The number of anilines is 6. The van der Waals surface area contributed by atoms with Crippen LogP contribution in [0, 0.1) is 17.9 Å². The molecule has 0 saturated heterocycles. The third kappa shape index (κ3) is 9.83. The van der Waals surface area contributed by atoms with Gasteiger partial charge in [0.2, 0.25) is 5.69 Å². The van der Waals surface area contributed by atoms with Crippen molar-refractivity contribution in [2.45, 2.75) is 76.0 Å². The summed E-state index contributed by atoms with van der Waals surface area (Å²) in [6.45, 7) is 8.34. The van der Waals surface area contributed by atoms with Gasteiger partial charge < -0.3 is 9.80 Å². The number of nitrogens with zero attached hydrogens (tertiary/aromatic N) is 4. The lowest BCUT2D eigenvalue weighted by molar-refractivity contribution is 0.443. The standard InChI is InChI=1S/C68H58N4/c1-70-68-64-45-31-51(24-22-49-26-36-59(37-27-49)71(57-18-10-4-11-19-57)61-40-32-55(33-41-61)53-14-6-2-7-15-53)46-65(64)67(48-69)63-44-30-52(47-66(63)68)25-23-50-28-38-60(39-29-50)72(58-20-12-5-13-21-58)62-42-34-56(35-43-62)54-16-8-3-9-17-54/h4-5,10-13,18-47,53-54H,2-3,6-9,14-17H2/b24-22+,25-23+. The first-order chi connectivity index (χ1) is 35.6. The van der Waals surface area contributed by atoms with E-state index in [4.69, 9.17) is 6.57 Å². The molecule has 4 nitrogen and oxygen atoms in total. The van der Waals surface area contributed by atoms with Gasteiger partial charge in [-0.2, -0.15) is 5.26 Å². The lowest BCUT2D eigenvalue weighted by Crippen LogP contribution is -2.10. The van der Waals surface area contributed by atoms with Crippen molar-refractivity contribution in [3.8, 4) is 6.07 Å². The molecule has 4 heteroatoms. The van der Waals surface area contributed by atoms with E-state index in [0.717, 1.165) is 77.9 Å². The quantitative estimate of drug-likeness (QED) is 0.0695. The molecule has 0 amide bonds. The van der Waals surface area contributed by atoms with Crippen LogP contribution in [0.1, 0.15) is 115 Å². The summed E-state index contributed by atoms with van der Waals surface area (Å²) in [6.07, 6.45) is 21.6. The van der Waals surface area contributed by atoms with E-state index < -0.39 is 0 Å². The summed E-state index contributed by atoms with van der Waals surface area (Å²) in [6, 6.07) is 71.6. The molecule has 0 atom stereocenters. The van der Waals surface area contributed by atoms with Crippen molar-refractivity contribution in [1.29, 1.82) is 5.26 Å². The Morgan fingerprint density at radius 1 is 0.389 bits per heavy atom. The highest BCUT2D eigenvalue weighted by atomic mass is 15.1. The van der Waals surface area contributed by atoms with Gasteiger partial charge in [0.25, 0.3) is 0 Å². The van der Waals surface area contributed by atoms with E-state index >= 15 is 0 Å². The summed E-state index contributed by atoms with van der Waals surface area (Å²) in [7, 11) is 0. The predicted octanol–water partition coefficient (Wildman–Crippen LogP) is 19.8. The van der Waals surface area contributed by atoms with E-state index in [1.54, 1.807) is 0 Å². The van der Waals surface area contributed by atoms with E-state index in [2.05, 4.69) is 203 Å². The topological polar surface area (TPSA) is 34.6 Å². The third-order valence-corrected chi connectivity index (χ3v) is 15.1. The van der Waals surface area contributed by atoms with E-state index in [1.165, 1.54) is 75.3 Å². The second kappa shape index (κ2) is 21.3. The average molecular weight is 931 g/mol. The normalized spacial score (nSPS) is 14.4. The minimum absolute atomic E-state index is 0.559. The predicted molar refractivity (Wildman–Crippen MR) is 304 cm³/mol. The van der Waals surface area contributed by atoms with Gasteiger partial charge in [-0.25, -0.2) is 4.85 Å². The summed E-state index contributed by atoms with van der Waals surface area (Å²) in [5, 5.41) is 13.8. The molecule has 11 rings (SSSR count). The first-order valence-corrected chi connectivity index (χ1v) is 25.9. The van der Waals surface area contributed by atoms with Crippen LogP contribution in [0.25, 0.3) is 50.7 Å². The molecule has 9 aromatic carbocycles. The van der Waals surface area contributed by atoms with Gasteiger partial charge >= 0.3 is 0 Å². The van der Waals surface area contributed by atoms with Crippen LogP contribution in [0.4, 0.5) is 39.8 Å². The van der Waals surface area contributed by atoms with Crippen molar-refractivity contribution in [3.05, 3.63) is 244 Å². The van der Waals surface area contributed by atoms with Gasteiger partial charge in [0.15, 0.2) is 0 Å². The van der Waals surface area contributed by atoms with Gasteiger partial charge in [0, 0.05) is 34.1 Å². The fourth-order valence-corrected chi connectivity index (χ4v) is 11.3. The molecule has 72 heavy (non-hydrogen) atoms. The van der Waals surface area contributed by atoms with E-state index in [0.29, 0.717) is 23.1 Å². The molecule has 2 saturated carbocycles. The van der Waals surface area contributed by atoms with Crippen molar-refractivity contribution in [2.24, 2.45) is 0 Å². The van der Waals surface area contributed by atoms with Gasteiger partial charge in [0.05, 0.1) is 12.1 Å². The number of benzene rings is 9. The third-order valence-electron chi connectivity index (χ3n) is 15.1. The van der Waals surface area contributed by atoms with Gasteiger partial charge in [-0.05, 0) is 171 Å². The zero-order valence-electron chi connectivity index (χ0n) is 40.8. The Balaban J connectivity index is 0.821. The van der Waals surface area contributed by atoms with Crippen LogP contribution in [0.3, 0.4) is 0 Å². The summed E-state index contributed by atoms with van der Waals surface area (Å²) < 4.78 is 0. The molecule has 350 valence electrons.